The van der Waals surface area contributed by atoms with Crippen LogP contribution in [0.2, 0.25) is 0 Å². The van der Waals surface area contributed by atoms with E-state index in [4.69, 9.17) is 0 Å². The van der Waals surface area contributed by atoms with Crippen molar-refractivity contribution in [3.63, 3.8) is 0 Å². The Balaban J connectivity index is 1.31. The first-order valence-electron chi connectivity index (χ1n) is 9.16. The molecule has 0 saturated carbocycles. The van der Waals surface area contributed by atoms with E-state index >= 15 is 0 Å². The minimum atomic E-state index is 0.141. The Hall–Kier alpha value is -2.03. The molecule has 0 radical (unpaired) electrons. The van der Waals surface area contributed by atoms with Gasteiger partial charge < -0.3 is 4.90 Å². The van der Waals surface area contributed by atoms with Crippen LogP contribution in [0, 0.1) is 6.92 Å². The Bertz CT molecular complexity index is 886. The van der Waals surface area contributed by atoms with Crippen LogP contribution in [0.5, 0.6) is 0 Å². The second-order valence-corrected chi connectivity index (χ2v) is 8.75. The van der Waals surface area contributed by atoms with Crippen molar-refractivity contribution in [2.75, 3.05) is 26.2 Å². The van der Waals surface area contributed by atoms with Crippen LogP contribution >= 0.6 is 22.7 Å². The molecule has 1 saturated heterocycles. The Morgan fingerprint density at radius 2 is 2.11 bits per heavy atom. The third-order valence-corrected chi connectivity index (χ3v) is 6.42. The van der Waals surface area contributed by atoms with Gasteiger partial charge in [0.1, 0.15) is 12.2 Å². The maximum Gasteiger partial charge on any atom is 0.244 e. The van der Waals surface area contributed by atoms with E-state index in [0.717, 1.165) is 60.4 Å². The molecule has 3 aromatic heterocycles. The molecule has 27 heavy (non-hydrogen) atoms. The lowest BCUT2D eigenvalue weighted by molar-refractivity contribution is -0.131. The van der Waals surface area contributed by atoms with Crippen LogP contribution in [0.25, 0.3) is 10.6 Å². The number of carbonyl (C=O) groups is 1. The van der Waals surface area contributed by atoms with E-state index < -0.39 is 0 Å². The maximum atomic E-state index is 12.7. The van der Waals surface area contributed by atoms with E-state index in [1.165, 1.54) is 0 Å². The minimum absolute atomic E-state index is 0.141. The first-order chi connectivity index (χ1) is 13.2. The number of hydrogen-bond donors (Lipinski definition) is 0. The fourth-order valence-electron chi connectivity index (χ4n) is 3.33. The summed E-state index contributed by atoms with van der Waals surface area (Å²) in [5, 5.41) is 9.82. The molecular formula is C19H23N5OS2. The lowest BCUT2D eigenvalue weighted by Gasteiger charge is -2.21. The van der Waals surface area contributed by atoms with E-state index in [0.29, 0.717) is 6.54 Å². The van der Waals surface area contributed by atoms with Gasteiger partial charge in [-0.3, -0.25) is 14.4 Å². The Morgan fingerprint density at radius 3 is 2.89 bits per heavy atom. The summed E-state index contributed by atoms with van der Waals surface area (Å²) in [6, 6.07) is 6.03. The molecule has 1 aliphatic heterocycles. The summed E-state index contributed by atoms with van der Waals surface area (Å²) in [5.41, 5.74) is 2.06. The van der Waals surface area contributed by atoms with Gasteiger partial charge in [0.25, 0.3) is 0 Å². The monoisotopic (exact) mass is 401 g/mol. The van der Waals surface area contributed by atoms with Crippen molar-refractivity contribution in [3.05, 3.63) is 45.9 Å². The molecule has 4 rings (SSSR count). The number of thiophene rings is 1. The zero-order chi connectivity index (χ0) is 18.6. The number of hydrogen-bond acceptors (Lipinski definition) is 6. The van der Waals surface area contributed by atoms with Gasteiger partial charge in [-0.2, -0.15) is 5.10 Å². The zero-order valence-corrected chi connectivity index (χ0v) is 17.0. The molecular weight excluding hydrogens is 378 g/mol. The van der Waals surface area contributed by atoms with Crippen molar-refractivity contribution < 1.29 is 4.79 Å². The molecule has 0 aliphatic carbocycles. The highest BCUT2D eigenvalue weighted by Gasteiger charge is 2.20. The van der Waals surface area contributed by atoms with Crippen LogP contribution in [-0.2, 0) is 17.9 Å². The highest BCUT2D eigenvalue weighted by atomic mass is 32.1. The first-order valence-corrected chi connectivity index (χ1v) is 10.9. The molecule has 1 amide bonds. The number of aryl methyl sites for hydroxylation is 1. The van der Waals surface area contributed by atoms with Crippen molar-refractivity contribution in [2.24, 2.45) is 0 Å². The van der Waals surface area contributed by atoms with Crippen LogP contribution in [-0.4, -0.2) is 56.7 Å². The largest absolute Gasteiger partial charge is 0.340 e. The van der Waals surface area contributed by atoms with Crippen molar-refractivity contribution in [1.82, 2.24) is 24.6 Å². The molecule has 0 spiro atoms. The van der Waals surface area contributed by atoms with Gasteiger partial charge in [-0.25, -0.2) is 4.98 Å². The third kappa shape index (κ3) is 4.63. The van der Waals surface area contributed by atoms with Crippen LogP contribution in [0.15, 0.2) is 35.2 Å². The molecule has 0 unspecified atom stereocenters. The fourth-order valence-corrected chi connectivity index (χ4v) is 4.63. The standard InChI is InChI=1S/C19H23N5OS2/c1-15-20-16(14-27-15)12-22-6-3-7-23(10-9-22)19(25)13-24-8-5-17(21-24)18-4-2-11-26-18/h2,4-5,8,11,14H,3,6-7,9-10,12-13H2,1H3. The molecule has 1 fully saturated rings. The molecule has 3 aromatic rings. The first kappa shape index (κ1) is 18.3. The normalized spacial score (nSPS) is 15.8. The van der Waals surface area contributed by atoms with Gasteiger partial charge in [0.15, 0.2) is 0 Å². The number of thiazole rings is 1. The number of nitrogens with zero attached hydrogens (tertiary/aromatic N) is 5. The third-order valence-electron chi connectivity index (χ3n) is 4.70. The van der Waals surface area contributed by atoms with E-state index in [9.17, 15) is 4.79 Å². The summed E-state index contributed by atoms with van der Waals surface area (Å²) < 4.78 is 1.75. The number of carbonyl (C=O) groups excluding carboxylic acids is 1. The van der Waals surface area contributed by atoms with E-state index in [1.54, 1.807) is 27.4 Å². The summed E-state index contributed by atoms with van der Waals surface area (Å²) >= 11 is 3.35. The average molecular weight is 402 g/mol. The van der Waals surface area contributed by atoms with Gasteiger partial charge in [-0.05, 0) is 30.9 Å². The maximum absolute atomic E-state index is 12.7. The van der Waals surface area contributed by atoms with Crippen LogP contribution in [0.1, 0.15) is 17.1 Å². The van der Waals surface area contributed by atoms with Crippen LogP contribution in [0.3, 0.4) is 0 Å². The van der Waals surface area contributed by atoms with E-state index in [1.807, 2.05) is 41.6 Å². The van der Waals surface area contributed by atoms with Crippen molar-refractivity contribution in [1.29, 1.82) is 0 Å². The summed E-state index contributed by atoms with van der Waals surface area (Å²) in [6.07, 6.45) is 2.88. The second-order valence-electron chi connectivity index (χ2n) is 6.74. The van der Waals surface area contributed by atoms with Crippen LogP contribution < -0.4 is 0 Å². The van der Waals surface area contributed by atoms with Gasteiger partial charge in [-0.1, -0.05) is 6.07 Å². The van der Waals surface area contributed by atoms with Gasteiger partial charge in [0.2, 0.25) is 5.91 Å². The molecule has 1 aliphatic rings. The summed E-state index contributed by atoms with van der Waals surface area (Å²) in [6.45, 7) is 6.68. The molecule has 0 N–H and O–H groups in total. The summed E-state index contributed by atoms with van der Waals surface area (Å²) in [7, 11) is 0. The Labute approximate surface area is 167 Å². The lowest BCUT2D eigenvalue weighted by atomic mass is 10.3. The molecule has 0 bridgehead atoms. The zero-order valence-electron chi connectivity index (χ0n) is 15.4. The SMILES string of the molecule is Cc1nc(CN2CCCN(C(=O)Cn3ccc(-c4cccs4)n3)CC2)cs1. The lowest BCUT2D eigenvalue weighted by Crippen LogP contribution is -2.37. The Morgan fingerprint density at radius 1 is 1.19 bits per heavy atom. The van der Waals surface area contributed by atoms with Crippen LogP contribution in [0.4, 0.5) is 0 Å². The molecule has 6 nitrogen and oxygen atoms in total. The van der Waals surface area contributed by atoms with Crippen molar-refractivity contribution in [3.8, 4) is 10.6 Å². The predicted octanol–water partition coefficient (Wildman–Crippen LogP) is 3.11. The van der Waals surface area contributed by atoms with Gasteiger partial charge >= 0.3 is 0 Å². The smallest absolute Gasteiger partial charge is 0.244 e. The quantitative estimate of drug-likeness (QED) is 0.659. The van der Waals surface area contributed by atoms with Crippen molar-refractivity contribution >= 4 is 28.6 Å². The van der Waals surface area contributed by atoms with Crippen molar-refractivity contribution in [2.45, 2.75) is 26.4 Å². The molecule has 0 atom stereocenters. The van der Waals surface area contributed by atoms with E-state index in [-0.39, 0.29) is 5.91 Å². The Kier molecular flexibility index (Phi) is 5.66. The van der Waals surface area contributed by atoms with Gasteiger partial charge in [-0.15, -0.1) is 22.7 Å². The minimum Gasteiger partial charge on any atom is -0.340 e. The molecule has 0 aromatic carbocycles. The highest BCUT2D eigenvalue weighted by Crippen LogP contribution is 2.22. The predicted molar refractivity (Wildman–Crippen MR) is 109 cm³/mol. The average Bonchev–Trinajstić information content (AvgIpc) is 3.37. The summed E-state index contributed by atoms with van der Waals surface area (Å²) in [4.78, 5) is 22.8. The van der Waals surface area contributed by atoms with E-state index in [2.05, 4.69) is 20.4 Å². The number of amides is 1. The topological polar surface area (TPSA) is 54.3 Å². The molecule has 4 heterocycles. The number of aromatic nitrogens is 3. The summed E-state index contributed by atoms with van der Waals surface area (Å²) in [5.74, 6) is 0.141. The molecule has 142 valence electrons. The molecule has 8 heteroatoms. The highest BCUT2D eigenvalue weighted by molar-refractivity contribution is 7.13. The number of rotatable bonds is 5. The van der Waals surface area contributed by atoms with Gasteiger partial charge in [0, 0.05) is 44.3 Å². The van der Waals surface area contributed by atoms with Gasteiger partial charge in [0.05, 0.1) is 15.6 Å². The second kappa shape index (κ2) is 8.33. The fraction of sp³-hybridized carbons (Fsp3) is 0.421.